The second-order valence-corrected chi connectivity index (χ2v) is 1.72. The topological polar surface area (TPSA) is 80.4 Å². The average Bonchev–Trinajstić information content (AvgIpc) is 1.85. The molecule has 3 N–H and O–H groups in total. The van der Waals surface area contributed by atoms with Crippen LogP contribution in [0, 0.1) is 0 Å². The van der Waals surface area contributed by atoms with E-state index in [0.29, 0.717) is 0 Å². The van der Waals surface area contributed by atoms with Crippen LogP contribution in [0.3, 0.4) is 0 Å². The Labute approximate surface area is 66.8 Å². The van der Waals surface area contributed by atoms with Gasteiger partial charge in [0.2, 0.25) is 0 Å². The highest BCUT2D eigenvalue weighted by Crippen LogP contribution is 1.80. The number of thiol groups is 1. The highest BCUT2D eigenvalue weighted by Gasteiger charge is 2.06. The summed E-state index contributed by atoms with van der Waals surface area (Å²) >= 11 is 3.65. The number of carbonyl (C=O) groups excluding carboxylic acids is 1. The molecule has 0 unspecified atom stereocenters. The van der Waals surface area contributed by atoms with Crippen LogP contribution < -0.4 is 5.73 Å². The van der Waals surface area contributed by atoms with Crippen molar-refractivity contribution in [2.24, 2.45) is 5.73 Å². The van der Waals surface area contributed by atoms with Crippen molar-refractivity contribution in [1.29, 1.82) is 0 Å². The van der Waals surface area contributed by atoms with E-state index >= 15 is 0 Å². The van der Waals surface area contributed by atoms with Crippen LogP contribution in [0.15, 0.2) is 0 Å². The Bertz CT molecular complexity index is 139. The van der Waals surface area contributed by atoms with Gasteiger partial charge in [0, 0.05) is 5.75 Å². The molecule has 0 saturated carbocycles. The quantitative estimate of drug-likeness (QED) is 0.431. The van der Waals surface area contributed by atoms with Gasteiger partial charge >= 0.3 is 12.3 Å². The maximum atomic E-state index is 9.76. The van der Waals surface area contributed by atoms with E-state index in [1.807, 2.05) is 0 Å². The molecule has 1 atom stereocenters. The van der Waals surface area contributed by atoms with Crippen molar-refractivity contribution in [2.45, 2.75) is 6.04 Å². The first kappa shape index (κ1) is 12.9. The molecule has 0 heterocycles. The van der Waals surface area contributed by atoms with E-state index in [-0.39, 0.29) is 5.75 Å². The van der Waals surface area contributed by atoms with E-state index in [0.717, 1.165) is 0 Å². The summed E-state index contributed by atoms with van der Waals surface area (Å²) in [4.78, 5) is 17.9. The van der Waals surface area contributed by atoms with Gasteiger partial charge in [-0.15, -0.1) is 8.78 Å². The van der Waals surface area contributed by atoms with E-state index in [1.165, 1.54) is 0 Å². The van der Waals surface area contributed by atoms with E-state index in [9.17, 15) is 13.6 Å². The SMILES string of the molecule is N[C@@H](CS)C(=O)O.O=C(F)F. The van der Waals surface area contributed by atoms with Crippen LogP contribution in [-0.4, -0.2) is 29.2 Å². The van der Waals surface area contributed by atoms with Crippen molar-refractivity contribution >= 4 is 24.9 Å². The van der Waals surface area contributed by atoms with Gasteiger partial charge in [0.15, 0.2) is 0 Å². The standard InChI is InChI=1S/C3H7NO2S.CF2O/c4-2(1-7)3(5)6;2-1(3)4/h2,7H,1,4H2,(H,5,6);/t2-;/m0./s1. The Morgan fingerprint density at radius 3 is 1.82 bits per heavy atom. The molecule has 0 aromatic heterocycles. The first-order valence-electron chi connectivity index (χ1n) is 2.36. The van der Waals surface area contributed by atoms with Crippen LogP contribution in [-0.2, 0) is 4.79 Å². The summed E-state index contributed by atoms with van der Waals surface area (Å²) in [6.07, 6.45) is -2.83. The number of carboxylic acid groups (broad SMARTS) is 1. The van der Waals surface area contributed by atoms with Gasteiger partial charge < -0.3 is 10.8 Å². The Hall–Kier alpha value is -0.690. The molecule has 0 rings (SSSR count). The number of carboxylic acids is 1. The van der Waals surface area contributed by atoms with E-state index in [1.54, 1.807) is 0 Å². The molecule has 0 amide bonds. The molecule has 66 valence electrons. The third-order valence-electron chi connectivity index (χ3n) is 0.514. The zero-order valence-corrected chi connectivity index (χ0v) is 6.22. The van der Waals surface area contributed by atoms with Crippen molar-refractivity contribution in [2.75, 3.05) is 5.75 Å². The largest absolute Gasteiger partial charge is 0.483 e. The van der Waals surface area contributed by atoms with E-state index in [2.05, 4.69) is 12.6 Å². The fourth-order valence-electron chi connectivity index (χ4n) is 0.0781. The lowest BCUT2D eigenvalue weighted by Gasteiger charge is -1.96. The van der Waals surface area contributed by atoms with Gasteiger partial charge in [0.25, 0.3) is 0 Å². The summed E-state index contributed by atoms with van der Waals surface area (Å²) in [6, 6.07) is -0.816. The van der Waals surface area contributed by atoms with Gasteiger partial charge in [-0.1, -0.05) is 0 Å². The molecule has 4 nitrogen and oxygen atoms in total. The number of rotatable bonds is 2. The molecular weight excluding hydrogens is 180 g/mol. The minimum Gasteiger partial charge on any atom is -0.480 e. The number of carbonyl (C=O) groups is 2. The summed E-state index contributed by atoms with van der Waals surface area (Å²) in [6.45, 7) is 0. The summed E-state index contributed by atoms with van der Waals surface area (Å²) < 4.78 is 19.4. The number of nitrogens with two attached hydrogens (primary N) is 1. The monoisotopic (exact) mass is 187 g/mol. The molecule has 0 radical (unpaired) electrons. The molecule has 11 heavy (non-hydrogen) atoms. The zero-order valence-electron chi connectivity index (χ0n) is 5.33. The van der Waals surface area contributed by atoms with Gasteiger partial charge in [0.05, 0.1) is 0 Å². The summed E-state index contributed by atoms with van der Waals surface area (Å²) in [7, 11) is 0. The number of hydrogen-bond donors (Lipinski definition) is 3. The van der Waals surface area contributed by atoms with E-state index < -0.39 is 18.3 Å². The second kappa shape index (κ2) is 7.42. The normalized spacial score (nSPS) is 10.9. The smallest absolute Gasteiger partial charge is 0.480 e. The fourth-order valence-corrected chi connectivity index (χ4v) is 0.234. The zero-order chi connectivity index (χ0) is 9.44. The Morgan fingerprint density at radius 1 is 1.55 bits per heavy atom. The highest BCUT2D eigenvalue weighted by molar-refractivity contribution is 7.80. The predicted octanol–water partition coefficient (Wildman–Crippen LogP) is 0.374. The lowest BCUT2D eigenvalue weighted by molar-refractivity contribution is -0.137. The molecule has 0 bridgehead atoms. The molecule has 0 saturated heterocycles. The van der Waals surface area contributed by atoms with Crippen molar-refractivity contribution in [3.63, 3.8) is 0 Å². The summed E-state index contributed by atoms with van der Waals surface area (Å²) in [5.41, 5.74) is 4.94. The molecule has 0 aromatic rings. The van der Waals surface area contributed by atoms with Gasteiger partial charge in [-0.05, 0) is 0 Å². The lowest BCUT2D eigenvalue weighted by Crippen LogP contribution is -2.31. The third kappa shape index (κ3) is 17.6. The minimum atomic E-state index is -2.83. The number of halogens is 2. The third-order valence-corrected chi connectivity index (χ3v) is 0.907. The van der Waals surface area contributed by atoms with Gasteiger partial charge in [0.1, 0.15) is 6.04 Å². The average molecular weight is 187 g/mol. The van der Waals surface area contributed by atoms with Crippen molar-refractivity contribution in [3.8, 4) is 0 Å². The van der Waals surface area contributed by atoms with Crippen LogP contribution in [0.2, 0.25) is 0 Å². The molecule has 0 aromatic carbocycles. The number of hydrogen-bond acceptors (Lipinski definition) is 4. The molecule has 0 aliphatic carbocycles. The second-order valence-electron chi connectivity index (χ2n) is 1.35. The maximum Gasteiger partial charge on any atom is 0.483 e. The van der Waals surface area contributed by atoms with Crippen molar-refractivity contribution in [1.82, 2.24) is 0 Å². The van der Waals surface area contributed by atoms with Crippen LogP contribution in [0.5, 0.6) is 0 Å². The van der Waals surface area contributed by atoms with Crippen LogP contribution in [0.1, 0.15) is 0 Å². The first-order chi connectivity index (χ1) is 4.91. The predicted molar refractivity (Wildman–Crippen MR) is 37.1 cm³/mol. The first-order valence-corrected chi connectivity index (χ1v) is 2.99. The van der Waals surface area contributed by atoms with Crippen LogP contribution >= 0.6 is 12.6 Å². The molecule has 0 aliphatic heterocycles. The molecular formula is C4H7F2NO3S. The fraction of sp³-hybridized carbons (Fsp3) is 0.500. The maximum absolute atomic E-state index is 9.76. The van der Waals surface area contributed by atoms with E-state index in [4.69, 9.17) is 15.6 Å². The van der Waals surface area contributed by atoms with Gasteiger partial charge in [-0.3, -0.25) is 4.79 Å². The van der Waals surface area contributed by atoms with Crippen molar-refractivity contribution < 1.29 is 23.5 Å². The van der Waals surface area contributed by atoms with Crippen molar-refractivity contribution in [3.05, 3.63) is 0 Å². The summed E-state index contributed by atoms with van der Waals surface area (Å²) in [5.74, 6) is -0.815. The molecule has 0 aliphatic rings. The molecule has 0 spiro atoms. The highest BCUT2D eigenvalue weighted by atomic mass is 32.1. The lowest BCUT2D eigenvalue weighted by atomic mass is 10.4. The van der Waals surface area contributed by atoms with Crippen LogP contribution in [0.4, 0.5) is 13.6 Å². The Kier molecular flexibility index (Phi) is 8.73. The number of aliphatic carboxylic acids is 1. The minimum absolute atomic E-state index is 0.190. The Morgan fingerprint density at radius 2 is 1.82 bits per heavy atom. The Balaban J connectivity index is 0. The molecule has 0 fully saturated rings. The molecule has 7 heteroatoms. The summed E-state index contributed by atoms with van der Waals surface area (Å²) in [5, 5.41) is 8.01. The van der Waals surface area contributed by atoms with Gasteiger partial charge in [-0.25, -0.2) is 4.79 Å². The van der Waals surface area contributed by atoms with Crippen LogP contribution in [0.25, 0.3) is 0 Å². The van der Waals surface area contributed by atoms with Gasteiger partial charge in [-0.2, -0.15) is 12.6 Å².